The zero-order valence-electron chi connectivity index (χ0n) is 13.2. The summed E-state index contributed by atoms with van der Waals surface area (Å²) < 4.78 is 197. The van der Waals surface area contributed by atoms with Crippen LogP contribution in [0.1, 0.15) is 6.42 Å². The Labute approximate surface area is 159 Å². The summed E-state index contributed by atoms with van der Waals surface area (Å²) >= 11 is 2.73. The molecule has 0 fully saturated rings. The Bertz CT molecular complexity index is 545. The van der Waals surface area contributed by atoms with E-state index in [0.29, 0.717) is 0 Å². The van der Waals surface area contributed by atoms with Gasteiger partial charge in [-0.05, 0) is 6.42 Å². The highest BCUT2D eigenvalue weighted by molar-refractivity contribution is 9.09. The number of hydrogen-bond acceptors (Lipinski definition) is 2. The van der Waals surface area contributed by atoms with Gasteiger partial charge in [0.1, 0.15) is 6.61 Å². The third kappa shape index (κ3) is 5.34. The van der Waals surface area contributed by atoms with E-state index in [0.717, 1.165) is 0 Å². The summed E-state index contributed by atoms with van der Waals surface area (Å²) in [5, 5.41) is 0.0585. The summed E-state index contributed by atoms with van der Waals surface area (Å²) in [6.45, 7) is -3.35. The first-order valence-electron chi connectivity index (χ1n) is 6.69. The summed E-state index contributed by atoms with van der Waals surface area (Å²) in [6.07, 6.45) is -22.6. The minimum Gasteiger partial charge on any atom is -0.375 e. The average molecular weight is 537 g/mol. The molecule has 0 spiro atoms. The van der Waals surface area contributed by atoms with E-state index in [1.807, 2.05) is 0 Å². The van der Waals surface area contributed by atoms with Crippen molar-refractivity contribution in [2.75, 3.05) is 18.5 Å². The van der Waals surface area contributed by atoms with Crippen LogP contribution in [0.3, 0.4) is 0 Å². The standard InChI is InChI=1S/C11H8BrF15O2/c12-2-1-3-28-4-5(13,14)6(15,16)10(24,25)29-11(26,27)8(19,20)7(17,18)9(21,22)23/h1-4H2. The first kappa shape index (κ1) is 28.3. The van der Waals surface area contributed by atoms with E-state index >= 15 is 0 Å². The van der Waals surface area contributed by atoms with Crippen LogP contribution in [0, 0.1) is 0 Å². The summed E-state index contributed by atoms with van der Waals surface area (Å²) in [7, 11) is 0. The second kappa shape index (κ2) is 8.47. The Balaban J connectivity index is 5.79. The maximum absolute atomic E-state index is 13.2. The molecule has 0 aromatic rings. The van der Waals surface area contributed by atoms with Gasteiger partial charge in [0.25, 0.3) is 0 Å². The zero-order valence-corrected chi connectivity index (χ0v) is 14.8. The molecule has 29 heavy (non-hydrogen) atoms. The van der Waals surface area contributed by atoms with Gasteiger partial charge in [-0.25, -0.2) is 4.74 Å². The highest BCUT2D eigenvalue weighted by Gasteiger charge is 2.86. The molecule has 0 heterocycles. The fourth-order valence-corrected chi connectivity index (χ4v) is 1.54. The van der Waals surface area contributed by atoms with E-state index in [4.69, 9.17) is 0 Å². The molecular weight excluding hydrogens is 529 g/mol. The third-order valence-electron chi connectivity index (χ3n) is 2.90. The minimum absolute atomic E-state index is 0.0585. The molecule has 0 rings (SSSR count). The van der Waals surface area contributed by atoms with Crippen LogP contribution in [0.5, 0.6) is 0 Å². The number of alkyl halides is 16. The summed E-state index contributed by atoms with van der Waals surface area (Å²) in [5.41, 5.74) is 0. The van der Waals surface area contributed by atoms with Gasteiger partial charge in [0.2, 0.25) is 0 Å². The van der Waals surface area contributed by atoms with Crippen LogP contribution in [0.4, 0.5) is 65.9 Å². The molecule has 0 atom stereocenters. The molecule has 2 nitrogen and oxygen atoms in total. The van der Waals surface area contributed by atoms with Crippen molar-refractivity contribution in [2.45, 2.75) is 48.5 Å². The van der Waals surface area contributed by atoms with Crippen molar-refractivity contribution < 1.29 is 75.3 Å². The normalized spacial score (nSPS) is 15.7. The van der Waals surface area contributed by atoms with Crippen molar-refractivity contribution in [3.05, 3.63) is 0 Å². The van der Waals surface area contributed by atoms with Crippen molar-refractivity contribution in [3.63, 3.8) is 0 Å². The van der Waals surface area contributed by atoms with Crippen molar-refractivity contribution >= 4 is 15.9 Å². The average Bonchev–Trinajstić information content (AvgIpc) is 2.48. The van der Waals surface area contributed by atoms with Crippen molar-refractivity contribution in [1.29, 1.82) is 0 Å². The molecule has 0 aromatic carbocycles. The Morgan fingerprint density at radius 1 is 0.586 bits per heavy atom. The minimum atomic E-state index is -7.89. The first-order chi connectivity index (χ1) is 12.5. The van der Waals surface area contributed by atoms with Gasteiger partial charge < -0.3 is 4.74 Å². The maximum atomic E-state index is 13.2. The molecule has 0 aromatic heterocycles. The molecule has 176 valence electrons. The molecule has 0 bridgehead atoms. The molecule has 0 saturated heterocycles. The van der Waals surface area contributed by atoms with Crippen LogP contribution in [-0.4, -0.2) is 60.6 Å². The van der Waals surface area contributed by atoms with E-state index in [9.17, 15) is 65.9 Å². The molecule has 0 aliphatic carbocycles. The monoisotopic (exact) mass is 536 g/mol. The largest absolute Gasteiger partial charge is 0.460 e. The van der Waals surface area contributed by atoms with Crippen molar-refractivity contribution in [3.8, 4) is 0 Å². The van der Waals surface area contributed by atoms with E-state index in [1.54, 1.807) is 0 Å². The Hall–Kier alpha value is -0.650. The maximum Gasteiger partial charge on any atom is 0.460 e. The predicted molar refractivity (Wildman–Crippen MR) is 66.1 cm³/mol. The van der Waals surface area contributed by atoms with Gasteiger partial charge in [-0.15, -0.1) is 0 Å². The van der Waals surface area contributed by atoms with Crippen LogP contribution >= 0.6 is 15.9 Å². The van der Waals surface area contributed by atoms with Crippen molar-refractivity contribution in [1.82, 2.24) is 0 Å². The molecule has 0 amide bonds. The lowest BCUT2D eigenvalue weighted by atomic mass is 10.1. The summed E-state index contributed by atoms with van der Waals surface area (Å²) in [5.74, 6) is -28.8. The van der Waals surface area contributed by atoms with Crippen LogP contribution in [-0.2, 0) is 9.47 Å². The second-order valence-electron chi connectivity index (χ2n) is 5.16. The van der Waals surface area contributed by atoms with Gasteiger partial charge in [0.15, 0.2) is 0 Å². The fourth-order valence-electron chi connectivity index (χ4n) is 1.31. The van der Waals surface area contributed by atoms with E-state index in [2.05, 4.69) is 20.7 Å². The highest BCUT2D eigenvalue weighted by atomic mass is 79.9. The van der Waals surface area contributed by atoms with E-state index < -0.39 is 55.3 Å². The summed E-state index contributed by atoms with van der Waals surface area (Å²) in [4.78, 5) is 0. The lowest BCUT2D eigenvalue weighted by Gasteiger charge is -2.37. The lowest BCUT2D eigenvalue weighted by Crippen LogP contribution is -2.66. The van der Waals surface area contributed by atoms with Crippen LogP contribution in [0.2, 0.25) is 0 Å². The quantitative estimate of drug-likeness (QED) is 0.181. The molecule has 0 saturated carbocycles. The topological polar surface area (TPSA) is 18.5 Å². The first-order valence-corrected chi connectivity index (χ1v) is 7.81. The molecular formula is C11H8BrF15O2. The SMILES string of the molecule is FC(F)(F)C(F)(F)C(F)(F)C(F)(F)OC(F)(F)C(F)(F)C(F)(F)COCCCBr. The van der Waals surface area contributed by atoms with Gasteiger partial charge in [-0.1, -0.05) is 15.9 Å². The van der Waals surface area contributed by atoms with Gasteiger partial charge in [0, 0.05) is 11.9 Å². The smallest absolute Gasteiger partial charge is 0.375 e. The fraction of sp³-hybridized carbons (Fsp3) is 1.00. The van der Waals surface area contributed by atoms with E-state index in [1.165, 1.54) is 4.74 Å². The molecule has 0 unspecified atom stereocenters. The molecule has 18 heteroatoms. The highest BCUT2D eigenvalue weighted by Crippen LogP contribution is 2.56. The molecule has 0 aliphatic heterocycles. The predicted octanol–water partition coefficient (Wildman–Crippen LogP) is 6.09. The van der Waals surface area contributed by atoms with Gasteiger partial charge in [-0.2, -0.15) is 65.9 Å². The number of halogens is 16. The Morgan fingerprint density at radius 2 is 1.00 bits per heavy atom. The van der Waals surface area contributed by atoms with Crippen LogP contribution in [0.15, 0.2) is 0 Å². The molecule has 0 N–H and O–H groups in total. The Kier molecular flexibility index (Phi) is 8.28. The molecule has 0 aliphatic rings. The number of rotatable bonds is 11. The second-order valence-corrected chi connectivity index (χ2v) is 5.95. The molecule has 0 radical (unpaired) electrons. The van der Waals surface area contributed by atoms with E-state index in [-0.39, 0.29) is 11.8 Å². The van der Waals surface area contributed by atoms with Gasteiger partial charge in [-0.3, -0.25) is 0 Å². The number of hydrogen-bond donors (Lipinski definition) is 0. The Morgan fingerprint density at radius 3 is 1.38 bits per heavy atom. The van der Waals surface area contributed by atoms with Crippen molar-refractivity contribution in [2.24, 2.45) is 0 Å². The van der Waals surface area contributed by atoms with Gasteiger partial charge >= 0.3 is 42.1 Å². The zero-order chi connectivity index (χ0) is 23.7. The number of ether oxygens (including phenoxy) is 2. The van der Waals surface area contributed by atoms with Gasteiger partial charge in [0.05, 0.1) is 0 Å². The summed E-state index contributed by atoms with van der Waals surface area (Å²) in [6, 6.07) is 0. The lowest BCUT2D eigenvalue weighted by molar-refractivity contribution is -0.513. The van der Waals surface area contributed by atoms with Crippen LogP contribution in [0.25, 0.3) is 0 Å². The third-order valence-corrected chi connectivity index (χ3v) is 3.46. The van der Waals surface area contributed by atoms with Crippen LogP contribution < -0.4 is 0 Å².